The molecule has 1 aromatic heterocycles. The van der Waals surface area contributed by atoms with Gasteiger partial charge in [0.05, 0.1) is 6.20 Å². The van der Waals surface area contributed by atoms with Crippen molar-refractivity contribution in [3.05, 3.63) is 23.5 Å². The Labute approximate surface area is 50.3 Å². The molecule has 0 aromatic carbocycles. The molecule has 4 heteroatoms. The molecule has 41 valence electrons. The van der Waals surface area contributed by atoms with E-state index in [2.05, 4.69) is 9.97 Å². The zero-order valence-corrected chi connectivity index (χ0v) is 4.48. The SMILES string of the molecule is Fc1n[c]ncc1Cl. The molecule has 0 saturated carbocycles. The largest absolute Gasteiger partial charge is 0.235 e. The Morgan fingerprint density at radius 2 is 2.50 bits per heavy atom. The predicted octanol–water partition coefficient (Wildman–Crippen LogP) is 1.07. The Morgan fingerprint density at radius 3 is 2.88 bits per heavy atom. The molecule has 8 heavy (non-hydrogen) atoms. The van der Waals surface area contributed by atoms with E-state index in [1.807, 2.05) is 6.33 Å². The van der Waals surface area contributed by atoms with E-state index in [1.54, 1.807) is 0 Å². The Hall–Kier alpha value is -0.700. The molecule has 0 fully saturated rings. The van der Waals surface area contributed by atoms with Crippen LogP contribution < -0.4 is 0 Å². The van der Waals surface area contributed by atoms with Gasteiger partial charge in [0, 0.05) is 0 Å². The first-order valence-corrected chi connectivity index (χ1v) is 2.22. The summed E-state index contributed by atoms with van der Waals surface area (Å²) in [6.45, 7) is 0. The van der Waals surface area contributed by atoms with Gasteiger partial charge >= 0.3 is 0 Å². The molecule has 0 aliphatic rings. The van der Waals surface area contributed by atoms with Crippen LogP contribution in [0.15, 0.2) is 6.20 Å². The number of rotatable bonds is 0. The summed E-state index contributed by atoms with van der Waals surface area (Å²) in [6.07, 6.45) is 3.18. The molecular weight excluding hydrogens is 131 g/mol. The summed E-state index contributed by atoms with van der Waals surface area (Å²) in [7, 11) is 0. The van der Waals surface area contributed by atoms with Crippen LogP contribution >= 0.6 is 11.6 Å². The Balaban J connectivity index is 3.13. The number of hydrogen-bond donors (Lipinski definition) is 0. The van der Waals surface area contributed by atoms with Crippen LogP contribution in [0.25, 0.3) is 0 Å². The first-order chi connectivity index (χ1) is 3.80. The molecule has 0 bridgehead atoms. The van der Waals surface area contributed by atoms with Crippen LogP contribution in [0, 0.1) is 12.3 Å². The van der Waals surface area contributed by atoms with E-state index in [1.165, 1.54) is 0 Å². The minimum atomic E-state index is -0.735. The van der Waals surface area contributed by atoms with Gasteiger partial charge in [0.15, 0.2) is 0 Å². The maximum Gasteiger partial charge on any atom is 0.235 e. The lowest BCUT2D eigenvalue weighted by atomic mass is 10.7. The molecule has 0 spiro atoms. The summed E-state index contributed by atoms with van der Waals surface area (Å²) in [5, 5.41) is -0.0799. The lowest BCUT2D eigenvalue weighted by Gasteiger charge is -1.84. The topological polar surface area (TPSA) is 25.8 Å². The Morgan fingerprint density at radius 1 is 1.75 bits per heavy atom. The van der Waals surface area contributed by atoms with Crippen LogP contribution in [0.4, 0.5) is 4.39 Å². The number of aromatic nitrogens is 2. The minimum absolute atomic E-state index is 0.0799. The number of halogens is 2. The third-order valence-electron chi connectivity index (χ3n) is 0.581. The van der Waals surface area contributed by atoms with Crippen molar-refractivity contribution in [3.63, 3.8) is 0 Å². The molecule has 0 amide bonds. The second-order valence-corrected chi connectivity index (χ2v) is 1.52. The lowest BCUT2D eigenvalue weighted by molar-refractivity contribution is 0.578. The van der Waals surface area contributed by atoms with E-state index in [0.29, 0.717) is 0 Å². The molecule has 0 atom stereocenters. The van der Waals surface area contributed by atoms with Crippen LogP contribution in [-0.2, 0) is 0 Å². The number of hydrogen-bond acceptors (Lipinski definition) is 2. The van der Waals surface area contributed by atoms with E-state index in [9.17, 15) is 4.39 Å². The van der Waals surface area contributed by atoms with Crippen molar-refractivity contribution in [3.8, 4) is 0 Å². The molecule has 2 nitrogen and oxygen atoms in total. The normalized spacial score (nSPS) is 9.25. The van der Waals surface area contributed by atoms with Crippen LogP contribution in [-0.4, -0.2) is 9.97 Å². The fourth-order valence-electron chi connectivity index (χ4n) is 0.265. The molecule has 0 saturated heterocycles. The molecule has 0 aliphatic carbocycles. The maximum absolute atomic E-state index is 12.0. The van der Waals surface area contributed by atoms with Crippen molar-refractivity contribution < 1.29 is 4.39 Å². The van der Waals surface area contributed by atoms with Crippen molar-refractivity contribution in [2.75, 3.05) is 0 Å². The quantitative estimate of drug-likeness (QED) is 0.492. The molecule has 1 heterocycles. The summed E-state index contributed by atoms with van der Waals surface area (Å²) in [5.74, 6) is -0.735. The first-order valence-electron chi connectivity index (χ1n) is 1.85. The van der Waals surface area contributed by atoms with Crippen LogP contribution in [0.1, 0.15) is 0 Å². The van der Waals surface area contributed by atoms with Gasteiger partial charge < -0.3 is 0 Å². The average molecular weight is 132 g/mol. The Kier molecular flexibility index (Phi) is 1.39. The Bertz CT molecular complexity index is 170. The van der Waals surface area contributed by atoms with Gasteiger partial charge in [-0.2, -0.15) is 9.37 Å². The van der Waals surface area contributed by atoms with E-state index >= 15 is 0 Å². The monoisotopic (exact) mass is 131 g/mol. The molecule has 1 aromatic rings. The third kappa shape index (κ3) is 0.924. The second kappa shape index (κ2) is 2.05. The van der Waals surface area contributed by atoms with E-state index < -0.39 is 5.95 Å². The van der Waals surface area contributed by atoms with Crippen molar-refractivity contribution in [1.29, 1.82) is 0 Å². The van der Waals surface area contributed by atoms with Crippen LogP contribution in [0.3, 0.4) is 0 Å². The molecule has 0 aliphatic heterocycles. The van der Waals surface area contributed by atoms with Crippen molar-refractivity contribution >= 4 is 11.6 Å². The van der Waals surface area contributed by atoms with E-state index in [0.717, 1.165) is 6.20 Å². The fourth-order valence-corrected chi connectivity index (χ4v) is 0.356. The minimum Gasteiger partial charge on any atom is -0.232 e. The maximum atomic E-state index is 12.0. The highest BCUT2D eigenvalue weighted by atomic mass is 35.5. The molecular formula is C4HClFN2. The smallest absolute Gasteiger partial charge is 0.232 e. The van der Waals surface area contributed by atoms with Gasteiger partial charge in [0.1, 0.15) is 5.02 Å². The molecule has 1 radical (unpaired) electrons. The van der Waals surface area contributed by atoms with Gasteiger partial charge in [0.25, 0.3) is 0 Å². The first kappa shape index (κ1) is 5.44. The van der Waals surface area contributed by atoms with Crippen molar-refractivity contribution in [2.45, 2.75) is 0 Å². The van der Waals surface area contributed by atoms with Crippen LogP contribution in [0.2, 0.25) is 5.02 Å². The van der Waals surface area contributed by atoms with Gasteiger partial charge in [-0.05, 0) is 0 Å². The summed E-state index contributed by atoms with van der Waals surface area (Å²) in [6, 6.07) is 0. The highest BCUT2D eigenvalue weighted by molar-refractivity contribution is 6.30. The standard InChI is InChI=1S/C4HClFN2/c5-3-1-7-2-8-4(3)6/h1H. The lowest BCUT2D eigenvalue weighted by Crippen LogP contribution is -1.83. The van der Waals surface area contributed by atoms with Gasteiger partial charge in [0.2, 0.25) is 12.3 Å². The summed E-state index contributed by atoms with van der Waals surface area (Å²) in [5.41, 5.74) is 0. The average Bonchev–Trinajstić information content (AvgIpc) is 1.77. The van der Waals surface area contributed by atoms with Gasteiger partial charge in [-0.3, -0.25) is 0 Å². The van der Waals surface area contributed by atoms with E-state index in [-0.39, 0.29) is 5.02 Å². The van der Waals surface area contributed by atoms with Gasteiger partial charge in [-0.25, -0.2) is 4.98 Å². The predicted molar refractivity (Wildman–Crippen MR) is 25.8 cm³/mol. The fraction of sp³-hybridized carbons (Fsp3) is 0. The highest BCUT2D eigenvalue weighted by Crippen LogP contribution is 2.06. The van der Waals surface area contributed by atoms with Gasteiger partial charge in [-0.15, -0.1) is 0 Å². The highest BCUT2D eigenvalue weighted by Gasteiger charge is 1.95. The summed E-state index contributed by atoms with van der Waals surface area (Å²) in [4.78, 5) is 6.38. The van der Waals surface area contributed by atoms with E-state index in [4.69, 9.17) is 11.6 Å². The van der Waals surface area contributed by atoms with Crippen molar-refractivity contribution in [1.82, 2.24) is 9.97 Å². The summed E-state index contributed by atoms with van der Waals surface area (Å²) >= 11 is 5.19. The summed E-state index contributed by atoms with van der Waals surface area (Å²) < 4.78 is 12.0. The second-order valence-electron chi connectivity index (χ2n) is 1.11. The van der Waals surface area contributed by atoms with Crippen LogP contribution in [0.5, 0.6) is 0 Å². The zero-order chi connectivity index (χ0) is 5.98. The van der Waals surface area contributed by atoms with Gasteiger partial charge in [-0.1, -0.05) is 11.6 Å². The molecule has 0 N–H and O–H groups in total. The van der Waals surface area contributed by atoms with Crippen molar-refractivity contribution in [2.24, 2.45) is 0 Å². The molecule has 1 rings (SSSR count). The third-order valence-corrected chi connectivity index (χ3v) is 0.834. The molecule has 0 unspecified atom stereocenters. The zero-order valence-electron chi connectivity index (χ0n) is 3.73. The number of nitrogens with zero attached hydrogens (tertiary/aromatic N) is 2.